The van der Waals surface area contributed by atoms with Crippen LogP contribution in [0, 0.1) is 6.92 Å². The van der Waals surface area contributed by atoms with Crippen molar-refractivity contribution in [2.75, 3.05) is 13.1 Å². The van der Waals surface area contributed by atoms with E-state index in [1.54, 1.807) is 30.6 Å². The van der Waals surface area contributed by atoms with Crippen LogP contribution in [0.5, 0.6) is 0 Å². The molecule has 166 valence electrons. The minimum Gasteiger partial charge on any atom is -0.338 e. The Morgan fingerprint density at radius 3 is 2.62 bits per heavy atom. The Bertz CT molecular complexity index is 1100. The number of hydrogen-bond acceptors (Lipinski definition) is 3. The predicted molar refractivity (Wildman–Crippen MR) is 115 cm³/mol. The molecule has 0 N–H and O–H groups in total. The van der Waals surface area contributed by atoms with Crippen LogP contribution in [0.4, 0.5) is 13.2 Å². The minimum absolute atomic E-state index is 0.0195. The van der Waals surface area contributed by atoms with Gasteiger partial charge in [-0.3, -0.25) is 14.8 Å². The lowest BCUT2D eigenvalue weighted by Gasteiger charge is -2.33. The minimum atomic E-state index is -4.36. The number of alkyl halides is 3. The van der Waals surface area contributed by atoms with E-state index in [2.05, 4.69) is 4.98 Å². The van der Waals surface area contributed by atoms with Crippen LogP contribution in [0.3, 0.4) is 0 Å². The normalized spacial score (nSPS) is 16.8. The van der Waals surface area contributed by atoms with Gasteiger partial charge >= 0.3 is 6.18 Å². The molecule has 1 aromatic carbocycles. The van der Waals surface area contributed by atoms with Crippen molar-refractivity contribution >= 4 is 5.91 Å². The van der Waals surface area contributed by atoms with Crippen molar-refractivity contribution < 1.29 is 18.0 Å². The van der Waals surface area contributed by atoms with Crippen molar-refractivity contribution in [3.8, 4) is 0 Å². The van der Waals surface area contributed by atoms with E-state index < -0.39 is 11.7 Å². The van der Waals surface area contributed by atoms with Crippen molar-refractivity contribution in [3.05, 3.63) is 94.6 Å². The second-order valence-corrected chi connectivity index (χ2v) is 8.24. The molecular weight excluding hydrogens is 415 g/mol. The molecule has 32 heavy (non-hydrogen) atoms. The highest BCUT2D eigenvalue weighted by molar-refractivity contribution is 5.94. The molecule has 1 aliphatic heterocycles. The maximum absolute atomic E-state index is 13.1. The Balaban J connectivity index is 1.53. The van der Waals surface area contributed by atoms with Gasteiger partial charge in [0.05, 0.1) is 5.56 Å². The number of hydrogen-bond donors (Lipinski definition) is 0. The van der Waals surface area contributed by atoms with Crippen LogP contribution in [-0.4, -0.2) is 33.9 Å². The summed E-state index contributed by atoms with van der Waals surface area (Å²) in [5, 5.41) is 0. The molecule has 0 unspecified atom stereocenters. The van der Waals surface area contributed by atoms with Gasteiger partial charge in [-0.2, -0.15) is 13.2 Å². The molecule has 0 aliphatic carbocycles. The van der Waals surface area contributed by atoms with Crippen LogP contribution in [-0.2, 0) is 12.6 Å². The fourth-order valence-corrected chi connectivity index (χ4v) is 4.25. The topological polar surface area (TPSA) is 46.1 Å². The summed E-state index contributed by atoms with van der Waals surface area (Å²) >= 11 is 0. The van der Waals surface area contributed by atoms with Gasteiger partial charge in [-0.1, -0.05) is 18.2 Å². The molecule has 4 rings (SSSR count). The number of benzene rings is 1. The fraction of sp³-hybridized carbons (Fsp3) is 0.320. The van der Waals surface area contributed by atoms with Gasteiger partial charge in [-0.15, -0.1) is 0 Å². The maximum atomic E-state index is 13.1. The van der Waals surface area contributed by atoms with Crippen molar-refractivity contribution in [2.24, 2.45) is 0 Å². The molecule has 0 saturated carbocycles. The molecule has 4 nitrogen and oxygen atoms in total. The number of nitrogens with zero attached hydrogens (tertiary/aromatic N) is 3. The molecular formula is C25H24F3N3O. The summed E-state index contributed by atoms with van der Waals surface area (Å²) in [4.78, 5) is 23.4. The molecule has 0 bridgehead atoms. The lowest BCUT2D eigenvalue weighted by atomic mass is 9.92. The van der Waals surface area contributed by atoms with Crippen LogP contribution >= 0.6 is 0 Å². The zero-order valence-corrected chi connectivity index (χ0v) is 17.8. The fourth-order valence-electron chi connectivity index (χ4n) is 4.25. The largest absolute Gasteiger partial charge is 0.416 e. The zero-order valence-electron chi connectivity index (χ0n) is 17.8. The van der Waals surface area contributed by atoms with Crippen molar-refractivity contribution in [3.63, 3.8) is 0 Å². The third-order valence-electron chi connectivity index (χ3n) is 5.75. The van der Waals surface area contributed by atoms with Crippen molar-refractivity contribution in [2.45, 2.75) is 38.3 Å². The average molecular weight is 439 g/mol. The number of carbonyl (C=O) groups excluding carboxylic acids is 1. The number of halogens is 3. The van der Waals surface area contributed by atoms with Gasteiger partial charge in [0.1, 0.15) is 0 Å². The van der Waals surface area contributed by atoms with Gasteiger partial charge < -0.3 is 4.90 Å². The number of carbonyl (C=O) groups is 1. The number of pyridine rings is 2. The standard InChI is InChI=1S/C25H24F3N3O/c1-17-12-19(13-18-4-2-6-22(14-18)25(26,27)28)15-23(30-17)21-5-3-11-31(16-21)24(32)20-7-9-29-10-8-20/h2,4,6-10,12,14-15,21H,3,5,11,13,16H2,1H3/t21-/m0/s1. The summed E-state index contributed by atoms with van der Waals surface area (Å²) in [5.41, 5.74) is 3.21. The first-order valence-electron chi connectivity index (χ1n) is 10.6. The van der Waals surface area contributed by atoms with Crippen molar-refractivity contribution in [1.29, 1.82) is 0 Å². The van der Waals surface area contributed by atoms with Crippen LogP contribution in [0.2, 0.25) is 0 Å². The van der Waals surface area contributed by atoms with Crippen molar-refractivity contribution in [1.82, 2.24) is 14.9 Å². The Morgan fingerprint density at radius 1 is 1.09 bits per heavy atom. The number of aryl methyl sites for hydroxylation is 1. The Hall–Kier alpha value is -3.22. The molecule has 3 aromatic rings. The Labute approximate surface area is 185 Å². The first-order valence-corrected chi connectivity index (χ1v) is 10.6. The van der Waals surface area contributed by atoms with E-state index in [0.717, 1.165) is 35.9 Å². The molecule has 2 aromatic heterocycles. The molecule has 1 fully saturated rings. The Kier molecular flexibility index (Phi) is 6.26. The highest BCUT2D eigenvalue weighted by atomic mass is 19.4. The summed E-state index contributed by atoms with van der Waals surface area (Å²) in [7, 11) is 0. The molecule has 1 saturated heterocycles. The molecule has 7 heteroatoms. The van der Waals surface area contributed by atoms with E-state index in [0.29, 0.717) is 30.6 Å². The van der Waals surface area contributed by atoms with E-state index in [1.807, 2.05) is 24.0 Å². The second kappa shape index (κ2) is 9.10. The summed E-state index contributed by atoms with van der Waals surface area (Å²) in [5.74, 6) is 0.0728. The van der Waals surface area contributed by atoms with Crippen LogP contribution < -0.4 is 0 Å². The van der Waals surface area contributed by atoms with Gasteiger partial charge in [0.2, 0.25) is 0 Å². The Morgan fingerprint density at radius 2 is 1.88 bits per heavy atom. The van der Waals surface area contributed by atoms with E-state index in [-0.39, 0.29) is 11.8 Å². The molecule has 1 aliphatic rings. The number of likely N-dealkylation sites (tertiary alicyclic amines) is 1. The van der Waals surface area contributed by atoms with Gasteiger partial charge in [-0.05, 0) is 67.6 Å². The first-order chi connectivity index (χ1) is 15.3. The van der Waals surface area contributed by atoms with E-state index in [4.69, 9.17) is 4.98 Å². The van der Waals surface area contributed by atoms with E-state index in [9.17, 15) is 18.0 Å². The first kappa shape index (κ1) is 22.0. The van der Waals surface area contributed by atoms with Gasteiger partial charge in [0, 0.05) is 48.4 Å². The number of piperidine rings is 1. The van der Waals surface area contributed by atoms with Crippen LogP contribution in [0.1, 0.15) is 57.2 Å². The maximum Gasteiger partial charge on any atom is 0.416 e. The summed E-state index contributed by atoms with van der Waals surface area (Å²) in [6, 6.07) is 12.7. The third kappa shape index (κ3) is 5.15. The average Bonchev–Trinajstić information content (AvgIpc) is 2.78. The smallest absolute Gasteiger partial charge is 0.338 e. The summed E-state index contributed by atoms with van der Waals surface area (Å²) in [6.07, 6.45) is 1.04. The second-order valence-electron chi connectivity index (χ2n) is 8.24. The lowest BCUT2D eigenvalue weighted by Crippen LogP contribution is -2.39. The van der Waals surface area contributed by atoms with Crippen LogP contribution in [0.15, 0.2) is 60.9 Å². The van der Waals surface area contributed by atoms with Gasteiger partial charge in [-0.25, -0.2) is 0 Å². The number of rotatable bonds is 4. The monoisotopic (exact) mass is 439 g/mol. The number of aromatic nitrogens is 2. The molecule has 1 atom stereocenters. The van der Waals surface area contributed by atoms with Gasteiger partial charge in [0.15, 0.2) is 0 Å². The molecule has 3 heterocycles. The highest BCUT2D eigenvalue weighted by Gasteiger charge is 2.30. The lowest BCUT2D eigenvalue weighted by molar-refractivity contribution is -0.137. The summed E-state index contributed by atoms with van der Waals surface area (Å²) in [6.45, 7) is 3.16. The predicted octanol–water partition coefficient (Wildman–Crippen LogP) is 5.41. The summed E-state index contributed by atoms with van der Waals surface area (Å²) < 4.78 is 39.2. The zero-order chi connectivity index (χ0) is 22.7. The molecule has 0 spiro atoms. The van der Waals surface area contributed by atoms with E-state index in [1.165, 1.54) is 12.1 Å². The SMILES string of the molecule is Cc1cc(Cc2cccc(C(F)(F)F)c2)cc([C@H]2CCCN(C(=O)c3ccncc3)C2)n1. The van der Waals surface area contributed by atoms with Gasteiger partial charge in [0.25, 0.3) is 5.91 Å². The molecule has 0 radical (unpaired) electrons. The quantitative estimate of drug-likeness (QED) is 0.546. The molecule has 1 amide bonds. The van der Waals surface area contributed by atoms with Crippen LogP contribution in [0.25, 0.3) is 0 Å². The number of amides is 1. The third-order valence-corrected chi connectivity index (χ3v) is 5.75. The van der Waals surface area contributed by atoms with E-state index >= 15 is 0 Å². The highest BCUT2D eigenvalue weighted by Crippen LogP contribution is 2.31.